The normalized spacial score (nSPS) is 14.5. The van der Waals surface area contributed by atoms with Gasteiger partial charge in [0.15, 0.2) is 6.73 Å². The van der Waals surface area contributed by atoms with Crippen molar-refractivity contribution in [1.29, 1.82) is 0 Å². The van der Waals surface area contributed by atoms with Crippen LogP contribution in [0.2, 0.25) is 0 Å². The lowest BCUT2D eigenvalue weighted by Gasteiger charge is -2.18. The van der Waals surface area contributed by atoms with E-state index in [0.29, 0.717) is 17.5 Å². The molecular formula is C19H17NO4. The predicted octanol–water partition coefficient (Wildman–Crippen LogP) is 2.98. The van der Waals surface area contributed by atoms with Crippen molar-refractivity contribution in [3.8, 4) is 0 Å². The summed E-state index contributed by atoms with van der Waals surface area (Å²) in [5, 5.41) is 0. The highest BCUT2D eigenvalue weighted by Gasteiger charge is 2.36. The van der Waals surface area contributed by atoms with Crippen molar-refractivity contribution >= 4 is 17.8 Å². The molecule has 0 aliphatic carbocycles. The summed E-state index contributed by atoms with van der Waals surface area (Å²) in [4.78, 5) is 37.8. The molecule has 0 fully saturated rings. The SMILES string of the molecule is CCC(C(=O)OCN1C(=O)c2ccccc2C1=O)c1ccccc1. The number of hydrogen-bond acceptors (Lipinski definition) is 4. The lowest BCUT2D eigenvalue weighted by Crippen LogP contribution is -2.34. The van der Waals surface area contributed by atoms with Crippen molar-refractivity contribution in [3.63, 3.8) is 0 Å². The Morgan fingerprint density at radius 1 is 0.958 bits per heavy atom. The molecule has 1 unspecified atom stereocenters. The average Bonchev–Trinajstić information content (AvgIpc) is 2.86. The van der Waals surface area contributed by atoms with Crippen LogP contribution in [-0.4, -0.2) is 29.4 Å². The smallest absolute Gasteiger partial charge is 0.315 e. The summed E-state index contributed by atoms with van der Waals surface area (Å²) in [6.45, 7) is 1.52. The molecule has 0 aromatic heterocycles. The standard InChI is InChI=1S/C19H17NO4/c1-2-14(13-8-4-3-5-9-13)19(23)24-12-20-17(21)15-10-6-7-11-16(15)18(20)22/h3-11,14H,2,12H2,1H3. The molecule has 24 heavy (non-hydrogen) atoms. The Morgan fingerprint density at radius 3 is 2.04 bits per heavy atom. The Hall–Kier alpha value is -2.95. The second kappa shape index (κ2) is 6.66. The molecule has 0 saturated carbocycles. The minimum absolute atomic E-state index is 0.341. The van der Waals surface area contributed by atoms with E-state index in [1.54, 1.807) is 24.3 Å². The minimum Gasteiger partial charge on any atom is -0.443 e. The zero-order valence-corrected chi connectivity index (χ0v) is 13.3. The van der Waals surface area contributed by atoms with Crippen molar-refractivity contribution in [2.45, 2.75) is 19.3 Å². The summed E-state index contributed by atoms with van der Waals surface area (Å²) in [5.74, 6) is -1.73. The number of hydrogen-bond donors (Lipinski definition) is 0. The van der Waals surface area contributed by atoms with E-state index < -0.39 is 23.7 Å². The zero-order valence-electron chi connectivity index (χ0n) is 13.3. The van der Waals surface area contributed by atoms with Crippen molar-refractivity contribution < 1.29 is 19.1 Å². The van der Waals surface area contributed by atoms with E-state index in [0.717, 1.165) is 10.5 Å². The third-order valence-corrected chi connectivity index (χ3v) is 4.11. The summed E-state index contributed by atoms with van der Waals surface area (Å²) in [6, 6.07) is 15.9. The first-order chi connectivity index (χ1) is 11.6. The van der Waals surface area contributed by atoms with Gasteiger partial charge in [-0.2, -0.15) is 0 Å². The van der Waals surface area contributed by atoms with Gasteiger partial charge in [0.05, 0.1) is 17.0 Å². The van der Waals surface area contributed by atoms with Gasteiger partial charge in [0.25, 0.3) is 11.8 Å². The quantitative estimate of drug-likeness (QED) is 0.627. The van der Waals surface area contributed by atoms with Crippen LogP contribution in [0.15, 0.2) is 54.6 Å². The number of imide groups is 1. The van der Waals surface area contributed by atoms with Gasteiger partial charge >= 0.3 is 5.97 Å². The number of fused-ring (bicyclic) bond motifs is 1. The zero-order chi connectivity index (χ0) is 17.1. The van der Waals surface area contributed by atoms with E-state index in [-0.39, 0.29) is 6.73 Å². The fourth-order valence-electron chi connectivity index (χ4n) is 2.81. The van der Waals surface area contributed by atoms with Crippen LogP contribution in [0.1, 0.15) is 45.5 Å². The van der Waals surface area contributed by atoms with Crippen LogP contribution < -0.4 is 0 Å². The number of amides is 2. The molecule has 2 aromatic rings. The van der Waals surface area contributed by atoms with Gasteiger partial charge < -0.3 is 4.74 Å². The van der Waals surface area contributed by atoms with E-state index in [2.05, 4.69) is 0 Å². The first kappa shape index (κ1) is 15.9. The topological polar surface area (TPSA) is 63.7 Å². The number of esters is 1. The Balaban J connectivity index is 1.69. The van der Waals surface area contributed by atoms with Crippen molar-refractivity contribution in [3.05, 3.63) is 71.3 Å². The molecule has 5 heteroatoms. The van der Waals surface area contributed by atoms with Gasteiger partial charge in [-0.05, 0) is 24.1 Å². The molecule has 2 aromatic carbocycles. The van der Waals surface area contributed by atoms with Gasteiger partial charge in [-0.1, -0.05) is 49.4 Å². The molecule has 122 valence electrons. The fourth-order valence-corrected chi connectivity index (χ4v) is 2.81. The number of carbonyl (C=O) groups excluding carboxylic acids is 3. The van der Waals surface area contributed by atoms with Gasteiger partial charge in [-0.25, -0.2) is 4.90 Å². The second-order valence-corrected chi connectivity index (χ2v) is 5.55. The summed E-state index contributed by atoms with van der Waals surface area (Å²) in [7, 11) is 0. The van der Waals surface area contributed by atoms with Crippen LogP contribution in [-0.2, 0) is 9.53 Å². The second-order valence-electron chi connectivity index (χ2n) is 5.55. The van der Waals surface area contributed by atoms with Crippen LogP contribution in [0.4, 0.5) is 0 Å². The van der Waals surface area contributed by atoms with Crippen molar-refractivity contribution in [2.24, 2.45) is 0 Å². The van der Waals surface area contributed by atoms with Crippen LogP contribution in [0.25, 0.3) is 0 Å². The molecular weight excluding hydrogens is 306 g/mol. The van der Waals surface area contributed by atoms with E-state index in [1.807, 2.05) is 37.3 Å². The first-order valence-electron chi connectivity index (χ1n) is 7.80. The summed E-state index contributed by atoms with van der Waals surface area (Å²) in [5.41, 5.74) is 1.54. The van der Waals surface area contributed by atoms with E-state index in [1.165, 1.54) is 0 Å². The average molecular weight is 323 g/mol. The molecule has 0 spiro atoms. The lowest BCUT2D eigenvalue weighted by molar-refractivity contribution is -0.148. The number of benzene rings is 2. The number of rotatable bonds is 5. The van der Waals surface area contributed by atoms with Gasteiger partial charge in [0.2, 0.25) is 0 Å². The summed E-state index contributed by atoms with van der Waals surface area (Å²) in [6.07, 6.45) is 0.574. The van der Waals surface area contributed by atoms with E-state index >= 15 is 0 Å². The molecule has 0 radical (unpaired) electrons. The van der Waals surface area contributed by atoms with E-state index in [9.17, 15) is 14.4 Å². The van der Waals surface area contributed by atoms with Gasteiger partial charge in [-0.15, -0.1) is 0 Å². The monoisotopic (exact) mass is 323 g/mol. The fraction of sp³-hybridized carbons (Fsp3) is 0.211. The number of ether oxygens (including phenoxy) is 1. The van der Waals surface area contributed by atoms with Crippen LogP contribution >= 0.6 is 0 Å². The van der Waals surface area contributed by atoms with Crippen molar-refractivity contribution in [2.75, 3.05) is 6.73 Å². The maximum absolute atomic E-state index is 12.3. The molecule has 1 aliphatic heterocycles. The molecule has 1 aliphatic rings. The highest BCUT2D eigenvalue weighted by Crippen LogP contribution is 2.24. The maximum atomic E-state index is 12.3. The van der Waals surface area contributed by atoms with Crippen molar-refractivity contribution in [1.82, 2.24) is 4.90 Å². The Morgan fingerprint density at radius 2 is 1.50 bits per heavy atom. The van der Waals surface area contributed by atoms with Gasteiger partial charge in [0, 0.05) is 0 Å². The van der Waals surface area contributed by atoms with Crippen LogP contribution in [0, 0.1) is 0 Å². The maximum Gasteiger partial charge on any atom is 0.315 e. The first-order valence-corrected chi connectivity index (χ1v) is 7.80. The molecule has 1 heterocycles. The van der Waals surface area contributed by atoms with Gasteiger partial charge in [-0.3, -0.25) is 14.4 Å². The Bertz CT molecular complexity index is 750. The number of nitrogens with zero attached hydrogens (tertiary/aromatic N) is 1. The lowest BCUT2D eigenvalue weighted by atomic mass is 9.97. The van der Waals surface area contributed by atoms with E-state index in [4.69, 9.17) is 4.74 Å². The highest BCUT2D eigenvalue weighted by molar-refractivity contribution is 6.21. The molecule has 0 N–H and O–H groups in total. The largest absolute Gasteiger partial charge is 0.443 e. The Kier molecular flexibility index (Phi) is 4.42. The molecule has 0 saturated heterocycles. The van der Waals surface area contributed by atoms with Crippen LogP contribution in [0.5, 0.6) is 0 Å². The van der Waals surface area contributed by atoms with Gasteiger partial charge in [0.1, 0.15) is 0 Å². The third-order valence-electron chi connectivity index (χ3n) is 4.11. The molecule has 5 nitrogen and oxygen atoms in total. The molecule has 2 amide bonds. The molecule has 0 bridgehead atoms. The summed E-state index contributed by atoms with van der Waals surface area (Å²) < 4.78 is 5.25. The minimum atomic E-state index is -0.444. The highest BCUT2D eigenvalue weighted by atomic mass is 16.5. The summed E-state index contributed by atoms with van der Waals surface area (Å²) >= 11 is 0. The molecule has 1 atom stereocenters. The third kappa shape index (κ3) is 2.80. The molecule has 3 rings (SSSR count). The number of carbonyl (C=O) groups is 3. The van der Waals surface area contributed by atoms with Crippen LogP contribution in [0.3, 0.4) is 0 Å². The predicted molar refractivity (Wildman–Crippen MR) is 87.4 cm³/mol. The Labute approximate surface area is 139 Å².